The molecule has 3 rings (SSSR count). The van der Waals surface area contributed by atoms with Crippen LogP contribution in [0.1, 0.15) is 12.0 Å². The van der Waals surface area contributed by atoms with Crippen LogP contribution in [0.3, 0.4) is 0 Å². The number of alkyl halides is 3. The van der Waals surface area contributed by atoms with E-state index in [1.165, 1.54) is 19.4 Å². The highest BCUT2D eigenvalue weighted by Crippen LogP contribution is 2.31. The molecule has 30 heavy (non-hydrogen) atoms. The van der Waals surface area contributed by atoms with Gasteiger partial charge in [-0.15, -0.1) is 13.2 Å². The van der Waals surface area contributed by atoms with Gasteiger partial charge in [-0.1, -0.05) is 0 Å². The van der Waals surface area contributed by atoms with Crippen molar-refractivity contribution in [1.29, 1.82) is 0 Å². The molecule has 0 unspecified atom stereocenters. The van der Waals surface area contributed by atoms with Gasteiger partial charge in [0.2, 0.25) is 0 Å². The summed E-state index contributed by atoms with van der Waals surface area (Å²) in [5, 5.41) is 9.45. The van der Waals surface area contributed by atoms with Gasteiger partial charge in [-0.2, -0.15) is 0 Å². The summed E-state index contributed by atoms with van der Waals surface area (Å²) in [6, 6.07) is 8.47. The largest absolute Gasteiger partial charge is 0.573 e. The van der Waals surface area contributed by atoms with Crippen LogP contribution in [0.4, 0.5) is 13.2 Å². The van der Waals surface area contributed by atoms with E-state index in [-0.39, 0.29) is 23.3 Å². The number of ether oxygens (including phenoxy) is 2. The molecule has 2 aromatic carbocycles. The molecule has 0 aliphatic heterocycles. The predicted molar refractivity (Wildman–Crippen MR) is 100 cm³/mol. The van der Waals surface area contributed by atoms with E-state index < -0.39 is 28.1 Å². The number of carboxylic acid groups (broad SMARTS) is 1. The number of rotatable bonds is 7. The van der Waals surface area contributed by atoms with Crippen molar-refractivity contribution in [3.05, 3.63) is 54.2 Å². The third-order valence-corrected chi connectivity index (χ3v) is 5.97. The molecule has 160 valence electrons. The van der Waals surface area contributed by atoms with Crippen LogP contribution in [-0.2, 0) is 21.2 Å². The highest BCUT2D eigenvalue weighted by Gasteiger charge is 2.31. The summed E-state index contributed by atoms with van der Waals surface area (Å²) in [5.41, 5.74) is 0.763. The molecule has 1 N–H and O–H groups in total. The van der Waals surface area contributed by atoms with Crippen molar-refractivity contribution in [3.8, 4) is 11.5 Å². The van der Waals surface area contributed by atoms with Gasteiger partial charge in [0.15, 0.2) is 0 Å². The SMILES string of the molecule is COc1ccc2c(c1)c(CCC(=O)O)cn2S(=O)(=O)c1ccc(OC(F)(F)F)cc1. The minimum absolute atomic E-state index is 0.0832. The number of aryl methyl sites for hydroxylation is 1. The minimum Gasteiger partial charge on any atom is -0.497 e. The number of aromatic nitrogens is 1. The van der Waals surface area contributed by atoms with Crippen LogP contribution in [0.5, 0.6) is 11.5 Å². The maximum Gasteiger partial charge on any atom is 0.573 e. The van der Waals surface area contributed by atoms with Gasteiger partial charge >= 0.3 is 12.3 Å². The smallest absolute Gasteiger partial charge is 0.497 e. The monoisotopic (exact) mass is 443 g/mol. The molecular weight excluding hydrogens is 427 g/mol. The van der Waals surface area contributed by atoms with Crippen LogP contribution in [0, 0.1) is 0 Å². The molecule has 7 nitrogen and oxygen atoms in total. The van der Waals surface area contributed by atoms with E-state index in [0.717, 1.165) is 28.2 Å². The zero-order chi connectivity index (χ0) is 22.1. The van der Waals surface area contributed by atoms with E-state index in [4.69, 9.17) is 9.84 Å². The number of hydrogen-bond donors (Lipinski definition) is 1. The van der Waals surface area contributed by atoms with Crippen molar-refractivity contribution in [2.45, 2.75) is 24.1 Å². The Bertz CT molecular complexity index is 1180. The maximum atomic E-state index is 13.1. The van der Waals surface area contributed by atoms with E-state index in [1.54, 1.807) is 12.1 Å². The molecule has 0 saturated carbocycles. The van der Waals surface area contributed by atoms with Crippen molar-refractivity contribution < 1.29 is 41.0 Å². The summed E-state index contributed by atoms with van der Waals surface area (Å²) < 4.78 is 73.0. The van der Waals surface area contributed by atoms with Gasteiger partial charge in [-0.25, -0.2) is 12.4 Å². The van der Waals surface area contributed by atoms with Crippen LogP contribution < -0.4 is 9.47 Å². The van der Waals surface area contributed by atoms with E-state index >= 15 is 0 Å². The molecule has 0 aliphatic rings. The normalized spacial score (nSPS) is 12.1. The third kappa shape index (κ3) is 4.51. The van der Waals surface area contributed by atoms with Gasteiger partial charge in [0.25, 0.3) is 10.0 Å². The van der Waals surface area contributed by atoms with Crippen molar-refractivity contribution in [2.75, 3.05) is 7.11 Å². The second-order valence-corrected chi connectivity index (χ2v) is 8.07. The average Bonchev–Trinajstić information content (AvgIpc) is 3.04. The fraction of sp³-hybridized carbons (Fsp3) is 0.211. The molecule has 0 amide bonds. The Morgan fingerprint density at radius 1 is 1.10 bits per heavy atom. The molecule has 11 heteroatoms. The molecular formula is C19H16F3NO6S. The number of benzene rings is 2. The van der Waals surface area contributed by atoms with Crippen molar-refractivity contribution >= 4 is 26.9 Å². The van der Waals surface area contributed by atoms with E-state index in [1.807, 2.05) is 0 Å². The van der Waals surface area contributed by atoms with Crippen LogP contribution in [0.2, 0.25) is 0 Å². The Morgan fingerprint density at radius 3 is 2.30 bits per heavy atom. The first kappa shape index (κ1) is 21.5. The summed E-state index contributed by atoms with van der Waals surface area (Å²) in [7, 11) is -2.73. The third-order valence-electron chi connectivity index (χ3n) is 4.28. The Labute approximate surface area is 169 Å². The molecule has 0 bridgehead atoms. The number of carbonyl (C=O) groups is 1. The molecule has 0 radical (unpaired) electrons. The summed E-state index contributed by atoms with van der Waals surface area (Å²) >= 11 is 0. The Balaban J connectivity index is 2.06. The van der Waals surface area contributed by atoms with Crippen molar-refractivity contribution in [3.63, 3.8) is 0 Å². The maximum absolute atomic E-state index is 13.1. The predicted octanol–water partition coefficient (Wildman–Crippen LogP) is 3.80. The lowest BCUT2D eigenvalue weighted by atomic mass is 10.1. The average molecular weight is 443 g/mol. The first-order chi connectivity index (χ1) is 14.0. The Hall–Kier alpha value is -3.21. The minimum atomic E-state index is -4.89. The number of carboxylic acids is 1. The lowest BCUT2D eigenvalue weighted by molar-refractivity contribution is -0.274. The number of nitrogens with zero attached hydrogens (tertiary/aromatic N) is 1. The second-order valence-electron chi connectivity index (χ2n) is 6.25. The van der Waals surface area contributed by atoms with Gasteiger partial charge in [0, 0.05) is 18.0 Å². The zero-order valence-electron chi connectivity index (χ0n) is 15.5. The number of fused-ring (bicyclic) bond motifs is 1. The van der Waals surface area contributed by atoms with Crippen LogP contribution in [0.15, 0.2) is 53.6 Å². The number of hydrogen-bond acceptors (Lipinski definition) is 5. The standard InChI is InChI=1S/C19H16F3NO6S/c1-28-14-5-8-17-16(10-14)12(2-9-18(24)25)11-23(17)30(26,27)15-6-3-13(4-7-15)29-19(20,21)22/h3-8,10-11H,2,9H2,1H3,(H,24,25). The highest BCUT2D eigenvalue weighted by atomic mass is 32.2. The lowest BCUT2D eigenvalue weighted by Crippen LogP contribution is -2.17. The molecule has 1 heterocycles. The fourth-order valence-electron chi connectivity index (χ4n) is 2.94. The number of aliphatic carboxylic acids is 1. The number of halogens is 3. The van der Waals surface area contributed by atoms with Crippen molar-refractivity contribution in [1.82, 2.24) is 3.97 Å². The van der Waals surface area contributed by atoms with E-state index in [0.29, 0.717) is 16.7 Å². The summed E-state index contributed by atoms with van der Waals surface area (Å²) in [4.78, 5) is 10.7. The van der Waals surface area contributed by atoms with Gasteiger partial charge in [-0.05, 0) is 54.4 Å². The Kier molecular flexibility index (Phi) is 5.66. The zero-order valence-corrected chi connectivity index (χ0v) is 16.3. The quantitative estimate of drug-likeness (QED) is 0.597. The van der Waals surface area contributed by atoms with Crippen LogP contribution in [0.25, 0.3) is 10.9 Å². The van der Waals surface area contributed by atoms with Crippen LogP contribution in [-0.4, -0.2) is 36.9 Å². The molecule has 0 fully saturated rings. The second kappa shape index (κ2) is 7.90. The highest BCUT2D eigenvalue weighted by molar-refractivity contribution is 7.90. The molecule has 0 spiro atoms. The first-order valence-corrected chi connectivity index (χ1v) is 9.96. The summed E-state index contributed by atoms with van der Waals surface area (Å²) in [6.07, 6.45) is -3.71. The molecule has 1 aromatic heterocycles. The fourth-order valence-corrected chi connectivity index (χ4v) is 4.33. The summed E-state index contributed by atoms with van der Waals surface area (Å²) in [6.45, 7) is 0. The Morgan fingerprint density at radius 2 is 1.73 bits per heavy atom. The first-order valence-electron chi connectivity index (χ1n) is 8.52. The van der Waals surface area contributed by atoms with E-state index in [2.05, 4.69) is 4.74 Å². The topological polar surface area (TPSA) is 94.8 Å². The molecule has 0 atom stereocenters. The van der Waals surface area contributed by atoms with Crippen LogP contribution >= 0.6 is 0 Å². The van der Waals surface area contributed by atoms with Crippen molar-refractivity contribution in [2.24, 2.45) is 0 Å². The lowest BCUT2D eigenvalue weighted by Gasteiger charge is -2.11. The van der Waals surface area contributed by atoms with Gasteiger partial charge in [-0.3, -0.25) is 4.79 Å². The van der Waals surface area contributed by atoms with Gasteiger partial charge < -0.3 is 14.6 Å². The number of methoxy groups -OCH3 is 1. The molecule has 0 saturated heterocycles. The van der Waals surface area contributed by atoms with Gasteiger partial charge in [0.1, 0.15) is 11.5 Å². The molecule has 0 aliphatic carbocycles. The molecule has 3 aromatic rings. The summed E-state index contributed by atoms with van der Waals surface area (Å²) in [5.74, 6) is -1.13. The van der Waals surface area contributed by atoms with E-state index in [9.17, 15) is 26.4 Å². The van der Waals surface area contributed by atoms with Gasteiger partial charge in [0.05, 0.1) is 17.5 Å².